The molecule has 0 N–H and O–H groups in total. The third-order valence-electron chi connectivity index (χ3n) is 1.12. The topological polar surface area (TPSA) is 17.1 Å². The van der Waals surface area contributed by atoms with Gasteiger partial charge in [0, 0.05) is 5.75 Å². The van der Waals surface area contributed by atoms with Crippen LogP contribution < -0.4 is 0 Å². The minimum Gasteiger partial charge on any atom is -0.282 e. The van der Waals surface area contributed by atoms with E-state index in [0.717, 1.165) is 12.2 Å². The molecule has 64 valence electrons. The minimum atomic E-state index is 0.0963. The molecule has 0 saturated heterocycles. The first-order chi connectivity index (χ1) is 5.04. The fourth-order valence-electron chi connectivity index (χ4n) is 0.445. The maximum Gasteiger partial charge on any atom is 0.214 e. The molecule has 0 aromatic rings. The second kappa shape index (κ2) is 5.72. The van der Waals surface area contributed by atoms with E-state index in [1.54, 1.807) is 6.92 Å². The molecule has 0 fully saturated rings. The highest BCUT2D eigenvalue weighted by atomic mass is 32.2. The summed E-state index contributed by atoms with van der Waals surface area (Å²) in [4.78, 5) is 11.0. The van der Waals surface area contributed by atoms with Gasteiger partial charge in [-0.1, -0.05) is 25.3 Å². The molecule has 0 amide bonds. The van der Waals surface area contributed by atoms with E-state index in [4.69, 9.17) is 0 Å². The Balaban J connectivity index is 3.40. The van der Waals surface area contributed by atoms with Crippen molar-refractivity contribution >= 4 is 29.5 Å². The lowest BCUT2D eigenvalue weighted by atomic mass is 10.4. The predicted molar refractivity (Wildman–Crippen MR) is 55.3 cm³/mol. The van der Waals surface area contributed by atoms with E-state index in [9.17, 15) is 4.79 Å². The van der Waals surface area contributed by atoms with Crippen LogP contribution in [0.3, 0.4) is 0 Å². The zero-order valence-electron chi connectivity index (χ0n) is 6.96. The Morgan fingerprint density at radius 2 is 2.27 bits per heavy atom. The summed E-state index contributed by atoms with van der Waals surface area (Å²) in [5, 5.41) is 0.472. The van der Waals surface area contributed by atoms with E-state index >= 15 is 0 Å². The minimum absolute atomic E-state index is 0.0963. The van der Waals surface area contributed by atoms with Crippen LogP contribution >= 0.6 is 24.4 Å². The van der Waals surface area contributed by atoms with Gasteiger partial charge in [0.15, 0.2) is 0 Å². The van der Waals surface area contributed by atoms with Gasteiger partial charge in [-0.25, -0.2) is 0 Å². The van der Waals surface area contributed by atoms with Crippen LogP contribution in [-0.4, -0.2) is 16.1 Å². The van der Waals surface area contributed by atoms with Crippen LogP contribution in [0.5, 0.6) is 0 Å². The molecule has 0 rings (SSSR count). The van der Waals surface area contributed by atoms with E-state index in [1.165, 1.54) is 11.8 Å². The quantitative estimate of drug-likeness (QED) is 0.542. The first-order valence-corrected chi connectivity index (χ1v) is 5.05. The molecular weight excluding hydrogens is 176 g/mol. The highest BCUT2D eigenvalue weighted by Crippen LogP contribution is 2.12. The molecule has 0 heterocycles. The number of thiol groups is 1. The molecule has 1 atom stereocenters. The van der Waals surface area contributed by atoms with Crippen molar-refractivity contribution in [3.05, 3.63) is 12.2 Å². The van der Waals surface area contributed by atoms with Crippen molar-refractivity contribution in [1.82, 2.24) is 0 Å². The average molecular weight is 190 g/mol. The van der Waals surface area contributed by atoms with Gasteiger partial charge in [0.05, 0.1) is 0 Å². The van der Waals surface area contributed by atoms with E-state index in [0.29, 0.717) is 10.8 Å². The zero-order valence-corrected chi connectivity index (χ0v) is 8.67. The number of carbonyl (C=O) groups is 1. The number of hydrogen-bond acceptors (Lipinski definition) is 3. The van der Waals surface area contributed by atoms with Crippen LogP contribution in [0, 0.1) is 0 Å². The van der Waals surface area contributed by atoms with E-state index < -0.39 is 0 Å². The summed E-state index contributed by atoms with van der Waals surface area (Å²) in [5.74, 6) is 0.844. The van der Waals surface area contributed by atoms with Gasteiger partial charge in [-0.15, -0.1) is 0 Å². The van der Waals surface area contributed by atoms with Crippen LogP contribution in [0.15, 0.2) is 12.2 Å². The molecule has 1 nitrogen and oxygen atoms in total. The molecule has 0 aromatic heterocycles. The second-order valence-electron chi connectivity index (χ2n) is 2.55. The summed E-state index contributed by atoms with van der Waals surface area (Å²) in [6, 6.07) is 0. The molecule has 0 spiro atoms. The van der Waals surface area contributed by atoms with Gasteiger partial charge >= 0.3 is 0 Å². The standard InChI is InChI=1S/C8H14OS2/c1-6(2)8(9)11-5-4-7(3)10/h7,10H,1,4-5H2,2-3H3. The molecule has 0 saturated carbocycles. The van der Waals surface area contributed by atoms with Crippen molar-refractivity contribution in [3.63, 3.8) is 0 Å². The van der Waals surface area contributed by atoms with Crippen LogP contribution in [-0.2, 0) is 4.79 Å². The van der Waals surface area contributed by atoms with Crippen LogP contribution in [0.1, 0.15) is 20.3 Å². The van der Waals surface area contributed by atoms with Gasteiger partial charge in [-0.05, 0) is 24.2 Å². The number of rotatable bonds is 4. The van der Waals surface area contributed by atoms with E-state index in [-0.39, 0.29) is 5.12 Å². The number of thioether (sulfide) groups is 1. The van der Waals surface area contributed by atoms with Crippen molar-refractivity contribution < 1.29 is 4.79 Å². The first-order valence-electron chi connectivity index (χ1n) is 3.54. The molecular formula is C8H14OS2. The zero-order chi connectivity index (χ0) is 8.85. The Bertz CT molecular complexity index is 152. The summed E-state index contributed by atoms with van der Waals surface area (Å²) >= 11 is 5.53. The van der Waals surface area contributed by atoms with Crippen molar-refractivity contribution in [2.45, 2.75) is 25.5 Å². The van der Waals surface area contributed by atoms with E-state index in [2.05, 4.69) is 19.2 Å². The molecule has 0 aliphatic carbocycles. The molecule has 0 aliphatic rings. The van der Waals surface area contributed by atoms with Crippen LogP contribution in [0.4, 0.5) is 0 Å². The summed E-state index contributed by atoms with van der Waals surface area (Å²) in [6.45, 7) is 7.32. The Morgan fingerprint density at radius 3 is 2.64 bits per heavy atom. The molecule has 0 bridgehead atoms. The number of carbonyl (C=O) groups excluding carboxylic acids is 1. The first kappa shape index (κ1) is 11.1. The normalized spacial score (nSPS) is 12.6. The molecule has 11 heavy (non-hydrogen) atoms. The van der Waals surface area contributed by atoms with Crippen molar-refractivity contribution in [2.24, 2.45) is 0 Å². The fraction of sp³-hybridized carbons (Fsp3) is 0.625. The van der Waals surface area contributed by atoms with Gasteiger partial charge in [-0.2, -0.15) is 12.6 Å². The van der Waals surface area contributed by atoms with Crippen LogP contribution in [0.2, 0.25) is 0 Å². The van der Waals surface area contributed by atoms with Gasteiger partial charge < -0.3 is 0 Å². The fourth-order valence-corrected chi connectivity index (χ4v) is 1.65. The molecule has 0 radical (unpaired) electrons. The largest absolute Gasteiger partial charge is 0.282 e. The summed E-state index contributed by atoms with van der Waals surface area (Å²) in [6.07, 6.45) is 0.965. The Labute approximate surface area is 78.0 Å². The van der Waals surface area contributed by atoms with Crippen molar-refractivity contribution in [2.75, 3.05) is 5.75 Å². The Hall–Kier alpha value is 0.110. The van der Waals surface area contributed by atoms with Crippen molar-refractivity contribution in [1.29, 1.82) is 0 Å². The van der Waals surface area contributed by atoms with Crippen LogP contribution in [0.25, 0.3) is 0 Å². The van der Waals surface area contributed by atoms with Gasteiger partial charge in [0.2, 0.25) is 5.12 Å². The monoisotopic (exact) mass is 190 g/mol. The molecule has 1 unspecified atom stereocenters. The maximum absolute atomic E-state index is 11.0. The lowest BCUT2D eigenvalue weighted by Crippen LogP contribution is -1.98. The highest BCUT2D eigenvalue weighted by molar-refractivity contribution is 8.14. The third-order valence-corrected chi connectivity index (χ3v) is 2.43. The van der Waals surface area contributed by atoms with Gasteiger partial charge in [0.25, 0.3) is 0 Å². The predicted octanol–water partition coefficient (Wildman–Crippen LogP) is 2.53. The summed E-state index contributed by atoms with van der Waals surface area (Å²) in [7, 11) is 0. The van der Waals surface area contributed by atoms with Gasteiger partial charge in [0.1, 0.15) is 0 Å². The van der Waals surface area contributed by atoms with E-state index in [1.807, 2.05) is 6.92 Å². The molecule has 0 aliphatic heterocycles. The molecule has 3 heteroatoms. The lowest BCUT2D eigenvalue weighted by molar-refractivity contribution is -0.107. The maximum atomic E-state index is 11.0. The summed E-state index contributed by atoms with van der Waals surface area (Å²) in [5.41, 5.74) is 0.627. The van der Waals surface area contributed by atoms with Crippen molar-refractivity contribution in [3.8, 4) is 0 Å². The highest BCUT2D eigenvalue weighted by Gasteiger charge is 2.03. The summed E-state index contributed by atoms with van der Waals surface area (Å²) < 4.78 is 0. The Morgan fingerprint density at radius 1 is 1.73 bits per heavy atom. The third kappa shape index (κ3) is 6.51. The smallest absolute Gasteiger partial charge is 0.214 e. The SMILES string of the molecule is C=C(C)C(=O)SCCC(C)S. The Kier molecular flexibility index (Phi) is 5.78. The lowest BCUT2D eigenvalue weighted by Gasteiger charge is -2.01. The second-order valence-corrected chi connectivity index (χ2v) is 4.50. The average Bonchev–Trinajstić information content (AvgIpc) is 1.86. The van der Waals surface area contributed by atoms with Gasteiger partial charge in [-0.3, -0.25) is 4.79 Å². The molecule has 0 aromatic carbocycles. The number of hydrogen-bond donors (Lipinski definition) is 1.